The van der Waals surface area contributed by atoms with Crippen molar-refractivity contribution in [1.82, 2.24) is 24.6 Å². The zero-order chi connectivity index (χ0) is 28.8. The molecule has 0 spiro atoms. The van der Waals surface area contributed by atoms with E-state index in [4.69, 9.17) is 14.2 Å². The van der Waals surface area contributed by atoms with Gasteiger partial charge in [0.2, 0.25) is 0 Å². The van der Waals surface area contributed by atoms with Gasteiger partial charge in [0.1, 0.15) is 11.5 Å². The number of aromatic nitrogens is 3. The number of nitrogens with one attached hydrogen (secondary N) is 1. The topological polar surface area (TPSA) is 111 Å². The van der Waals surface area contributed by atoms with Crippen molar-refractivity contribution in [2.75, 3.05) is 58.2 Å². The number of fused-ring (bicyclic) bond motifs is 1. The fourth-order valence-corrected chi connectivity index (χ4v) is 5.65. The van der Waals surface area contributed by atoms with Crippen LogP contribution in [-0.2, 0) is 16.6 Å². The monoisotopic (exact) mass is 580 g/mol. The number of anilines is 1. The van der Waals surface area contributed by atoms with Crippen molar-refractivity contribution >= 4 is 26.6 Å². The second kappa shape index (κ2) is 12.8. The van der Waals surface area contributed by atoms with E-state index in [0.29, 0.717) is 47.4 Å². The van der Waals surface area contributed by atoms with Crippen LogP contribution in [0.1, 0.15) is 13.3 Å². The standard InChI is InChI=1S/C29H36N6O5S/c1-4-35-13-10-29(31-35)41(36,37)32-22-7-5-8-23(19-22)40-26-9-11-30-25-21-28(27(38-3)20-24(25)26)39-18-6-12-34-16-14-33(2)15-17-34/h5,7-11,13,19-21,32H,4,6,12,14-18H2,1-3H3. The molecule has 0 bridgehead atoms. The average Bonchev–Trinajstić information content (AvgIpc) is 3.47. The van der Waals surface area contributed by atoms with E-state index in [0.717, 1.165) is 44.5 Å². The zero-order valence-electron chi connectivity index (χ0n) is 23.6. The molecule has 3 heterocycles. The van der Waals surface area contributed by atoms with Crippen LogP contribution in [0.2, 0.25) is 0 Å². The van der Waals surface area contributed by atoms with Gasteiger partial charge in [-0.1, -0.05) is 6.07 Å². The highest BCUT2D eigenvalue weighted by atomic mass is 32.2. The molecule has 1 N–H and O–H groups in total. The van der Waals surface area contributed by atoms with Gasteiger partial charge in [0.15, 0.2) is 16.5 Å². The predicted octanol–water partition coefficient (Wildman–Crippen LogP) is 4.07. The molecule has 1 aliphatic rings. The highest BCUT2D eigenvalue weighted by Crippen LogP contribution is 2.37. The van der Waals surface area contributed by atoms with Gasteiger partial charge in [-0.2, -0.15) is 13.5 Å². The van der Waals surface area contributed by atoms with Crippen LogP contribution in [0.4, 0.5) is 5.69 Å². The summed E-state index contributed by atoms with van der Waals surface area (Å²) in [4.78, 5) is 9.32. The van der Waals surface area contributed by atoms with Crippen LogP contribution < -0.4 is 18.9 Å². The van der Waals surface area contributed by atoms with Crippen molar-refractivity contribution in [2.45, 2.75) is 24.9 Å². The molecule has 1 saturated heterocycles. The molecular formula is C29H36N6O5S. The molecule has 0 atom stereocenters. The highest BCUT2D eigenvalue weighted by Gasteiger charge is 2.19. The summed E-state index contributed by atoms with van der Waals surface area (Å²) < 4.78 is 47.6. The largest absolute Gasteiger partial charge is 0.493 e. The van der Waals surface area contributed by atoms with Gasteiger partial charge in [0, 0.05) is 69.2 Å². The Balaban J connectivity index is 1.27. The van der Waals surface area contributed by atoms with Crippen molar-refractivity contribution < 1.29 is 22.6 Å². The minimum Gasteiger partial charge on any atom is -0.493 e. The average molecular weight is 581 g/mol. The quantitative estimate of drug-likeness (QED) is 0.248. The third-order valence-electron chi connectivity index (χ3n) is 6.99. The lowest BCUT2D eigenvalue weighted by Gasteiger charge is -2.32. The normalized spacial score (nSPS) is 14.7. The maximum atomic E-state index is 12.8. The molecule has 41 heavy (non-hydrogen) atoms. The fourth-order valence-electron chi connectivity index (χ4n) is 4.65. The Morgan fingerprint density at radius 2 is 1.83 bits per heavy atom. The first-order chi connectivity index (χ1) is 19.8. The first-order valence-corrected chi connectivity index (χ1v) is 15.2. The molecular weight excluding hydrogens is 544 g/mol. The maximum absolute atomic E-state index is 12.8. The molecule has 0 saturated carbocycles. The van der Waals surface area contributed by atoms with Gasteiger partial charge in [0.05, 0.1) is 24.9 Å². The fraction of sp³-hybridized carbons (Fsp3) is 0.379. The second-order valence-corrected chi connectivity index (χ2v) is 11.6. The Morgan fingerprint density at radius 3 is 2.59 bits per heavy atom. The summed E-state index contributed by atoms with van der Waals surface area (Å²) in [5.74, 6) is 2.23. The number of hydrogen-bond acceptors (Lipinski definition) is 9. The first-order valence-electron chi connectivity index (χ1n) is 13.7. The SMILES string of the molecule is CCn1ccc(S(=O)(=O)Nc2cccc(Oc3ccnc4cc(OCCCN5CCN(C)CC5)c(OC)cc34)c2)n1. The van der Waals surface area contributed by atoms with Crippen LogP contribution in [0.5, 0.6) is 23.0 Å². The molecule has 5 rings (SSSR count). The molecule has 11 nitrogen and oxygen atoms in total. The molecule has 12 heteroatoms. The van der Waals surface area contributed by atoms with Crippen molar-refractivity contribution in [3.8, 4) is 23.0 Å². The molecule has 0 amide bonds. The van der Waals surface area contributed by atoms with Gasteiger partial charge >= 0.3 is 0 Å². The summed E-state index contributed by atoms with van der Waals surface area (Å²) in [6, 6.07) is 13.7. The number of benzene rings is 2. The molecule has 0 aliphatic carbocycles. The molecule has 2 aromatic carbocycles. The zero-order valence-corrected chi connectivity index (χ0v) is 24.4. The Labute approximate surface area is 240 Å². The van der Waals surface area contributed by atoms with E-state index in [-0.39, 0.29) is 5.03 Å². The summed E-state index contributed by atoms with van der Waals surface area (Å²) >= 11 is 0. The Kier molecular flexibility index (Phi) is 8.91. The van der Waals surface area contributed by atoms with E-state index in [2.05, 4.69) is 31.7 Å². The summed E-state index contributed by atoms with van der Waals surface area (Å²) in [5.41, 5.74) is 1.05. The molecule has 4 aromatic rings. The van der Waals surface area contributed by atoms with Gasteiger partial charge < -0.3 is 24.0 Å². The molecule has 1 aliphatic heterocycles. The van der Waals surface area contributed by atoms with Gasteiger partial charge in [0.25, 0.3) is 10.0 Å². The number of hydrogen-bond donors (Lipinski definition) is 1. The van der Waals surface area contributed by atoms with Crippen LogP contribution in [0.25, 0.3) is 10.9 Å². The van der Waals surface area contributed by atoms with Gasteiger partial charge in [-0.05, 0) is 50.7 Å². The van der Waals surface area contributed by atoms with Crippen LogP contribution in [-0.4, -0.2) is 86.5 Å². The van der Waals surface area contributed by atoms with E-state index in [1.807, 2.05) is 19.1 Å². The second-order valence-electron chi connectivity index (χ2n) is 9.92. The lowest BCUT2D eigenvalue weighted by Crippen LogP contribution is -2.44. The van der Waals surface area contributed by atoms with Crippen molar-refractivity contribution in [2.24, 2.45) is 0 Å². The molecule has 0 radical (unpaired) electrons. The number of aryl methyl sites for hydroxylation is 1. The Hall–Kier alpha value is -3.87. The van der Waals surface area contributed by atoms with E-state index >= 15 is 0 Å². The summed E-state index contributed by atoms with van der Waals surface area (Å²) in [6.07, 6.45) is 4.21. The number of nitrogens with zero attached hydrogens (tertiary/aromatic N) is 5. The smallest absolute Gasteiger partial charge is 0.281 e. The van der Waals surface area contributed by atoms with Crippen LogP contribution >= 0.6 is 0 Å². The first kappa shape index (κ1) is 28.7. The van der Waals surface area contributed by atoms with Gasteiger partial charge in [-0.3, -0.25) is 14.4 Å². The van der Waals surface area contributed by atoms with E-state index in [1.165, 1.54) is 6.07 Å². The summed E-state index contributed by atoms with van der Waals surface area (Å²) in [6.45, 7) is 8.40. The van der Waals surface area contributed by atoms with Crippen LogP contribution in [0.15, 0.2) is 66.0 Å². The minimum absolute atomic E-state index is 0.0461. The number of pyridine rings is 1. The molecule has 2 aromatic heterocycles. The Bertz CT molecular complexity index is 1580. The van der Waals surface area contributed by atoms with Crippen LogP contribution in [0, 0.1) is 0 Å². The lowest BCUT2D eigenvalue weighted by atomic mass is 10.1. The Morgan fingerprint density at radius 1 is 1.00 bits per heavy atom. The lowest BCUT2D eigenvalue weighted by molar-refractivity contribution is 0.145. The minimum atomic E-state index is -3.84. The van der Waals surface area contributed by atoms with Crippen molar-refractivity contribution in [3.63, 3.8) is 0 Å². The number of likely N-dealkylation sites (N-methyl/N-ethyl adjacent to an activating group) is 1. The number of piperazine rings is 1. The number of methoxy groups -OCH3 is 1. The summed E-state index contributed by atoms with van der Waals surface area (Å²) in [5, 5.41) is 4.79. The van der Waals surface area contributed by atoms with E-state index in [9.17, 15) is 8.42 Å². The van der Waals surface area contributed by atoms with Gasteiger partial charge in [-0.15, -0.1) is 0 Å². The highest BCUT2D eigenvalue weighted by molar-refractivity contribution is 7.92. The maximum Gasteiger partial charge on any atom is 0.281 e. The molecule has 1 fully saturated rings. The van der Waals surface area contributed by atoms with Crippen molar-refractivity contribution in [3.05, 3.63) is 60.9 Å². The number of rotatable bonds is 12. The molecule has 218 valence electrons. The molecule has 0 unspecified atom stereocenters. The predicted molar refractivity (Wildman–Crippen MR) is 158 cm³/mol. The number of sulfonamides is 1. The summed E-state index contributed by atoms with van der Waals surface area (Å²) in [7, 11) is -0.0796. The van der Waals surface area contributed by atoms with Crippen LogP contribution in [0.3, 0.4) is 0 Å². The van der Waals surface area contributed by atoms with E-state index in [1.54, 1.807) is 54.5 Å². The third-order valence-corrected chi connectivity index (χ3v) is 8.26. The number of ether oxygens (including phenoxy) is 3. The van der Waals surface area contributed by atoms with Crippen molar-refractivity contribution in [1.29, 1.82) is 0 Å². The van der Waals surface area contributed by atoms with Gasteiger partial charge in [-0.25, -0.2) is 0 Å². The van der Waals surface area contributed by atoms with E-state index < -0.39 is 10.0 Å². The third kappa shape index (κ3) is 7.07.